The number of benzene rings is 1. The van der Waals surface area contributed by atoms with Crippen LogP contribution in [0.5, 0.6) is 0 Å². The van der Waals surface area contributed by atoms with Crippen molar-refractivity contribution in [2.24, 2.45) is 0 Å². The highest BCUT2D eigenvalue weighted by Gasteiger charge is 2.01. The van der Waals surface area contributed by atoms with Gasteiger partial charge in [0.2, 0.25) is 0 Å². The zero-order valence-corrected chi connectivity index (χ0v) is 10.9. The summed E-state index contributed by atoms with van der Waals surface area (Å²) in [5.74, 6) is 1.15. The summed E-state index contributed by atoms with van der Waals surface area (Å²) in [6.07, 6.45) is 2.49. The third-order valence-corrected chi connectivity index (χ3v) is 3.72. The topological polar surface area (TPSA) is 12.0 Å². The Morgan fingerprint density at radius 2 is 2.20 bits per heavy atom. The first-order valence-electron chi connectivity index (χ1n) is 5.33. The SMILES string of the molecule is CCCCSc1ccc(CNC)cc1Cl. The Bertz CT molecular complexity index is 302. The third-order valence-electron chi connectivity index (χ3n) is 2.13. The number of unbranched alkanes of at least 4 members (excludes halogenated alkanes) is 1. The number of thioether (sulfide) groups is 1. The van der Waals surface area contributed by atoms with Gasteiger partial charge in [-0.1, -0.05) is 31.0 Å². The van der Waals surface area contributed by atoms with Gasteiger partial charge in [0.15, 0.2) is 0 Å². The minimum atomic E-state index is 0.875. The first-order chi connectivity index (χ1) is 7.27. The highest BCUT2D eigenvalue weighted by Crippen LogP contribution is 2.28. The zero-order valence-electron chi connectivity index (χ0n) is 9.35. The lowest BCUT2D eigenvalue weighted by Gasteiger charge is -2.06. The van der Waals surface area contributed by atoms with Crippen molar-refractivity contribution in [2.45, 2.75) is 31.2 Å². The van der Waals surface area contributed by atoms with Crippen LogP contribution in [0.4, 0.5) is 0 Å². The van der Waals surface area contributed by atoms with E-state index >= 15 is 0 Å². The van der Waals surface area contributed by atoms with Crippen molar-refractivity contribution >= 4 is 23.4 Å². The van der Waals surface area contributed by atoms with Crippen molar-refractivity contribution in [3.8, 4) is 0 Å². The van der Waals surface area contributed by atoms with Crippen LogP contribution in [0.2, 0.25) is 5.02 Å². The van der Waals surface area contributed by atoms with E-state index in [1.807, 2.05) is 24.9 Å². The molecule has 0 saturated carbocycles. The van der Waals surface area contributed by atoms with Gasteiger partial charge in [0, 0.05) is 11.4 Å². The largest absolute Gasteiger partial charge is 0.316 e. The molecule has 0 saturated heterocycles. The maximum absolute atomic E-state index is 6.20. The molecule has 3 heteroatoms. The molecule has 0 heterocycles. The number of halogens is 1. The van der Waals surface area contributed by atoms with Gasteiger partial charge in [-0.25, -0.2) is 0 Å². The fourth-order valence-corrected chi connectivity index (χ4v) is 2.68. The lowest BCUT2D eigenvalue weighted by molar-refractivity contribution is 0.817. The second kappa shape index (κ2) is 7.15. The molecule has 0 unspecified atom stereocenters. The molecule has 1 rings (SSSR count). The molecule has 84 valence electrons. The molecule has 0 radical (unpaired) electrons. The molecule has 0 aromatic heterocycles. The fourth-order valence-electron chi connectivity index (χ4n) is 1.30. The summed E-state index contributed by atoms with van der Waals surface area (Å²) in [5, 5.41) is 4.00. The van der Waals surface area contributed by atoms with Gasteiger partial charge in [0.1, 0.15) is 0 Å². The fraction of sp³-hybridized carbons (Fsp3) is 0.500. The Labute approximate surface area is 102 Å². The van der Waals surface area contributed by atoms with Crippen molar-refractivity contribution in [2.75, 3.05) is 12.8 Å². The second-order valence-electron chi connectivity index (χ2n) is 3.50. The Morgan fingerprint density at radius 3 is 2.80 bits per heavy atom. The minimum Gasteiger partial charge on any atom is -0.316 e. The summed E-state index contributed by atoms with van der Waals surface area (Å²) in [5.41, 5.74) is 1.24. The minimum absolute atomic E-state index is 0.875. The van der Waals surface area contributed by atoms with Gasteiger partial charge in [-0.3, -0.25) is 0 Å². The molecule has 1 nitrogen and oxygen atoms in total. The van der Waals surface area contributed by atoms with Crippen molar-refractivity contribution in [3.63, 3.8) is 0 Å². The molecule has 1 N–H and O–H groups in total. The first-order valence-corrected chi connectivity index (χ1v) is 6.70. The van der Waals surface area contributed by atoms with Gasteiger partial charge in [-0.05, 0) is 36.9 Å². The lowest BCUT2D eigenvalue weighted by atomic mass is 10.2. The van der Waals surface area contributed by atoms with E-state index in [-0.39, 0.29) is 0 Å². The van der Waals surface area contributed by atoms with Crippen LogP contribution in [-0.4, -0.2) is 12.8 Å². The molecule has 0 atom stereocenters. The molecule has 0 fully saturated rings. The zero-order chi connectivity index (χ0) is 11.1. The number of rotatable bonds is 6. The van der Waals surface area contributed by atoms with E-state index < -0.39 is 0 Å². The van der Waals surface area contributed by atoms with Gasteiger partial charge in [-0.15, -0.1) is 11.8 Å². The van der Waals surface area contributed by atoms with Gasteiger partial charge in [-0.2, -0.15) is 0 Å². The second-order valence-corrected chi connectivity index (χ2v) is 5.04. The first kappa shape index (κ1) is 12.9. The molecule has 0 aliphatic carbocycles. The summed E-state index contributed by atoms with van der Waals surface area (Å²) in [4.78, 5) is 1.20. The van der Waals surface area contributed by atoms with E-state index in [4.69, 9.17) is 11.6 Å². The average molecular weight is 244 g/mol. The smallest absolute Gasteiger partial charge is 0.0545 e. The quantitative estimate of drug-likeness (QED) is 0.600. The standard InChI is InChI=1S/C12H18ClNS/c1-3-4-7-15-12-6-5-10(9-14-2)8-11(12)13/h5-6,8,14H,3-4,7,9H2,1-2H3. The molecule has 1 aromatic rings. The Hall–Kier alpha value is -0.180. The van der Waals surface area contributed by atoms with Crippen molar-refractivity contribution < 1.29 is 0 Å². The maximum Gasteiger partial charge on any atom is 0.0545 e. The normalized spacial score (nSPS) is 10.6. The number of hydrogen-bond donors (Lipinski definition) is 1. The predicted octanol–water partition coefficient (Wildman–Crippen LogP) is 3.95. The summed E-state index contributed by atoms with van der Waals surface area (Å²) in [6.45, 7) is 3.08. The van der Waals surface area contributed by atoms with E-state index in [0.717, 1.165) is 17.3 Å². The van der Waals surface area contributed by atoms with Crippen LogP contribution in [0.15, 0.2) is 23.1 Å². The molecular formula is C12H18ClNS. The molecule has 15 heavy (non-hydrogen) atoms. The molecule has 0 bridgehead atoms. The predicted molar refractivity (Wildman–Crippen MR) is 69.8 cm³/mol. The van der Waals surface area contributed by atoms with Gasteiger partial charge >= 0.3 is 0 Å². The summed E-state index contributed by atoms with van der Waals surface area (Å²) >= 11 is 8.04. The molecular weight excluding hydrogens is 226 g/mol. The van der Waals surface area contributed by atoms with Crippen LogP contribution < -0.4 is 5.32 Å². The van der Waals surface area contributed by atoms with E-state index in [1.54, 1.807) is 0 Å². The summed E-state index contributed by atoms with van der Waals surface area (Å²) < 4.78 is 0. The maximum atomic E-state index is 6.20. The molecule has 0 aliphatic heterocycles. The van der Waals surface area contributed by atoms with Crippen molar-refractivity contribution in [1.29, 1.82) is 0 Å². The van der Waals surface area contributed by atoms with Crippen LogP contribution >= 0.6 is 23.4 Å². The van der Waals surface area contributed by atoms with E-state index in [2.05, 4.69) is 24.4 Å². The lowest BCUT2D eigenvalue weighted by Crippen LogP contribution is -2.04. The summed E-state index contributed by atoms with van der Waals surface area (Å²) in [7, 11) is 1.94. The monoisotopic (exact) mass is 243 g/mol. The Kier molecular flexibility index (Phi) is 6.15. The van der Waals surface area contributed by atoms with Crippen LogP contribution in [0.25, 0.3) is 0 Å². The Balaban J connectivity index is 2.58. The Morgan fingerprint density at radius 1 is 1.40 bits per heavy atom. The van der Waals surface area contributed by atoms with E-state index in [9.17, 15) is 0 Å². The highest BCUT2D eigenvalue weighted by atomic mass is 35.5. The number of hydrogen-bond acceptors (Lipinski definition) is 2. The third kappa shape index (κ3) is 4.45. The molecule has 0 aliphatic rings. The van der Waals surface area contributed by atoms with Crippen molar-refractivity contribution in [3.05, 3.63) is 28.8 Å². The van der Waals surface area contributed by atoms with E-state index in [0.29, 0.717) is 0 Å². The van der Waals surface area contributed by atoms with E-state index in [1.165, 1.54) is 23.3 Å². The molecule has 0 spiro atoms. The highest BCUT2D eigenvalue weighted by molar-refractivity contribution is 7.99. The van der Waals surface area contributed by atoms with Gasteiger partial charge < -0.3 is 5.32 Å². The summed E-state index contributed by atoms with van der Waals surface area (Å²) in [6, 6.07) is 6.30. The van der Waals surface area contributed by atoms with Crippen LogP contribution in [-0.2, 0) is 6.54 Å². The molecule has 0 amide bonds. The van der Waals surface area contributed by atoms with Crippen molar-refractivity contribution in [1.82, 2.24) is 5.32 Å². The van der Waals surface area contributed by atoms with Crippen LogP contribution in [0.1, 0.15) is 25.3 Å². The molecule has 1 aromatic carbocycles. The van der Waals surface area contributed by atoms with Gasteiger partial charge in [0.05, 0.1) is 5.02 Å². The van der Waals surface area contributed by atoms with Gasteiger partial charge in [0.25, 0.3) is 0 Å². The average Bonchev–Trinajstić information content (AvgIpc) is 2.22. The van der Waals surface area contributed by atoms with Crippen LogP contribution in [0.3, 0.4) is 0 Å². The number of nitrogens with one attached hydrogen (secondary N) is 1. The van der Waals surface area contributed by atoms with Crippen LogP contribution in [0, 0.1) is 0 Å².